The number of hydrogen-bond donors (Lipinski definition) is 0. The summed E-state index contributed by atoms with van der Waals surface area (Å²) in [6.45, 7) is 2.06. The summed E-state index contributed by atoms with van der Waals surface area (Å²) in [5.74, 6) is 1.28. The average molecular weight is 358 g/mol. The topological polar surface area (TPSA) is 56.2 Å². The van der Waals surface area contributed by atoms with Gasteiger partial charge in [0.05, 0.1) is 0 Å². The van der Waals surface area contributed by atoms with E-state index in [1.807, 2.05) is 48.5 Å². The summed E-state index contributed by atoms with van der Waals surface area (Å²) in [6.07, 6.45) is 2.12. The number of aromatic nitrogens is 4. The van der Waals surface area contributed by atoms with E-state index in [-0.39, 0.29) is 0 Å². The number of rotatable bonds is 3. The highest BCUT2D eigenvalue weighted by molar-refractivity contribution is 7.17. The zero-order chi connectivity index (χ0) is 17.5. The normalized spacial score (nSPS) is 12.3. The lowest BCUT2D eigenvalue weighted by molar-refractivity contribution is 0.621. The molecule has 5 aromatic rings. The molecule has 3 heterocycles. The van der Waals surface area contributed by atoms with Crippen molar-refractivity contribution in [2.75, 3.05) is 0 Å². The van der Waals surface area contributed by atoms with Crippen LogP contribution in [0.4, 0.5) is 0 Å². The van der Waals surface area contributed by atoms with Crippen molar-refractivity contribution in [3.05, 3.63) is 71.2 Å². The van der Waals surface area contributed by atoms with Crippen LogP contribution in [-0.2, 0) is 0 Å². The molecule has 0 saturated heterocycles. The van der Waals surface area contributed by atoms with Crippen LogP contribution < -0.4 is 0 Å². The second-order valence-corrected chi connectivity index (χ2v) is 6.97. The van der Waals surface area contributed by atoms with Crippen molar-refractivity contribution < 1.29 is 4.42 Å². The van der Waals surface area contributed by atoms with Crippen LogP contribution in [0, 0.1) is 0 Å². The van der Waals surface area contributed by atoms with Gasteiger partial charge in [0, 0.05) is 5.39 Å². The minimum Gasteiger partial charge on any atom is -0.453 e. The van der Waals surface area contributed by atoms with Crippen LogP contribution in [0.25, 0.3) is 39.2 Å². The Balaban J connectivity index is 1.58. The Morgan fingerprint density at radius 1 is 1.04 bits per heavy atom. The zero-order valence-electron chi connectivity index (χ0n) is 14.0. The molecule has 5 rings (SSSR count). The maximum atomic E-state index is 5.91. The quantitative estimate of drug-likeness (QED) is 0.447. The highest BCUT2D eigenvalue weighted by atomic mass is 32.1. The maximum Gasteiger partial charge on any atom is 0.235 e. The van der Waals surface area contributed by atoms with Crippen molar-refractivity contribution in [2.24, 2.45) is 0 Å². The second kappa shape index (κ2) is 5.93. The number of furan rings is 1. The van der Waals surface area contributed by atoms with Gasteiger partial charge in [-0.2, -0.15) is 9.61 Å². The number of para-hydroxylation sites is 1. The molecule has 0 bridgehead atoms. The van der Waals surface area contributed by atoms with Crippen LogP contribution in [-0.4, -0.2) is 19.8 Å². The number of fused-ring (bicyclic) bond motifs is 2. The lowest BCUT2D eigenvalue weighted by Gasteiger charge is -1.96. The van der Waals surface area contributed by atoms with Crippen LogP contribution in [0.5, 0.6) is 0 Å². The van der Waals surface area contributed by atoms with Crippen molar-refractivity contribution >= 4 is 38.9 Å². The van der Waals surface area contributed by atoms with Gasteiger partial charge >= 0.3 is 0 Å². The Hall–Kier alpha value is -3.25. The van der Waals surface area contributed by atoms with Gasteiger partial charge in [-0.15, -0.1) is 10.2 Å². The Kier molecular flexibility index (Phi) is 3.43. The smallest absolute Gasteiger partial charge is 0.235 e. The van der Waals surface area contributed by atoms with E-state index in [1.165, 1.54) is 11.3 Å². The summed E-state index contributed by atoms with van der Waals surface area (Å²) in [6, 6.07) is 20.1. The van der Waals surface area contributed by atoms with Crippen molar-refractivity contribution in [1.29, 1.82) is 0 Å². The van der Waals surface area contributed by atoms with Crippen LogP contribution in [0.3, 0.4) is 0 Å². The first-order valence-electron chi connectivity index (χ1n) is 8.23. The van der Waals surface area contributed by atoms with E-state index < -0.39 is 0 Å². The predicted octanol–water partition coefficient (Wildman–Crippen LogP) is 5.16. The molecule has 0 spiro atoms. The molecular formula is C20H14N4OS. The first-order valence-corrected chi connectivity index (χ1v) is 9.04. The molecule has 6 heteroatoms. The molecule has 0 fully saturated rings. The molecule has 0 saturated carbocycles. The van der Waals surface area contributed by atoms with Gasteiger partial charge < -0.3 is 4.42 Å². The van der Waals surface area contributed by atoms with Crippen molar-refractivity contribution in [2.45, 2.75) is 6.92 Å². The highest BCUT2D eigenvalue weighted by Gasteiger charge is 2.17. The van der Waals surface area contributed by atoms with Gasteiger partial charge in [-0.1, -0.05) is 59.9 Å². The van der Waals surface area contributed by atoms with E-state index in [0.29, 0.717) is 11.6 Å². The third-order valence-electron chi connectivity index (χ3n) is 4.16. The number of hydrogen-bond acceptors (Lipinski definition) is 5. The molecule has 0 amide bonds. The fourth-order valence-corrected chi connectivity index (χ4v) is 3.69. The van der Waals surface area contributed by atoms with E-state index in [0.717, 1.165) is 32.1 Å². The van der Waals surface area contributed by atoms with Gasteiger partial charge in [-0.3, -0.25) is 0 Å². The van der Waals surface area contributed by atoms with Gasteiger partial charge in [0.1, 0.15) is 10.6 Å². The maximum absolute atomic E-state index is 5.91. The van der Waals surface area contributed by atoms with Crippen LogP contribution in [0.2, 0.25) is 0 Å². The minimum absolute atomic E-state index is 0.617. The van der Waals surface area contributed by atoms with E-state index in [2.05, 4.69) is 35.3 Å². The molecule has 0 unspecified atom stereocenters. The zero-order valence-corrected chi connectivity index (χ0v) is 14.8. The molecule has 5 nitrogen and oxygen atoms in total. The summed E-state index contributed by atoms with van der Waals surface area (Å²) in [5.41, 5.74) is 3.06. The summed E-state index contributed by atoms with van der Waals surface area (Å²) in [7, 11) is 0. The lowest BCUT2D eigenvalue weighted by atomic mass is 10.1. The largest absolute Gasteiger partial charge is 0.453 e. The standard InChI is InChI=1S/C20H14N4OS/c1-13(11-14-7-3-2-4-8-14)19-23-24-18(21-22-20(24)26-19)17-12-15-9-5-6-10-16(15)25-17/h2-12H,1H3/b13-11+. The Bertz CT molecular complexity index is 1210. The number of benzene rings is 2. The molecule has 0 aliphatic rings. The third-order valence-corrected chi connectivity index (χ3v) is 5.19. The van der Waals surface area contributed by atoms with Crippen LogP contribution >= 0.6 is 11.3 Å². The SMILES string of the molecule is C/C(=C\c1ccccc1)c1nn2c(-c3cc4ccccc4o3)nnc2s1. The fraction of sp³-hybridized carbons (Fsp3) is 0.0500. The van der Waals surface area contributed by atoms with Crippen LogP contribution in [0.1, 0.15) is 17.5 Å². The van der Waals surface area contributed by atoms with Crippen LogP contribution in [0.15, 0.2) is 65.1 Å². The van der Waals surface area contributed by atoms with E-state index in [1.54, 1.807) is 4.52 Å². The molecule has 0 aliphatic carbocycles. The van der Waals surface area contributed by atoms with E-state index in [4.69, 9.17) is 9.52 Å². The Labute approximate surface area is 153 Å². The average Bonchev–Trinajstić information content (AvgIpc) is 3.35. The van der Waals surface area contributed by atoms with Gasteiger partial charge in [-0.05, 0) is 36.3 Å². The van der Waals surface area contributed by atoms with Crippen molar-refractivity contribution in [3.8, 4) is 11.6 Å². The molecule has 26 heavy (non-hydrogen) atoms. The first-order chi connectivity index (χ1) is 12.8. The van der Waals surface area contributed by atoms with Gasteiger partial charge in [0.2, 0.25) is 10.8 Å². The molecular weight excluding hydrogens is 344 g/mol. The third kappa shape index (κ3) is 2.51. The van der Waals surface area contributed by atoms with E-state index in [9.17, 15) is 0 Å². The number of allylic oxidation sites excluding steroid dienone is 1. The molecule has 0 N–H and O–H groups in total. The summed E-state index contributed by atoms with van der Waals surface area (Å²) in [4.78, 5) is 0.747. The summed E-state index contributed by atoms with van der Waals surface area (Å²) >= 11 is 1.52. The first kappa shape index (κ1) is 15.0. The molecule has 0 radical (unpaired) electrons. The molecule has 0 atom stereocenters. The molecule has 0 aliphatic heterocycles. The van der Waals surface area contributed by atoms with Crippen molar-refractivity contribution in [1.82, 2.24) is 19.8 Å². The highest BCUT2D eigenvalue weighted by Crippen LogP contribution is 2.29. The molecule has 2 aromatic carbocycles. The fourth-order valence-electron chi connectivity index (χ4n) is 2.88. The predicted molar refractivity (Wildman–Crippen MR) is 104 cm³/mol. The Morgan fingerprint density at radius 2 is 1.85 bits per heavy atom. The lowest BCUT2D eigenvalue weighted by Crippen LogP contribution is -1.90. The Morgan fingerprint density at radius 3 is 2.69 bits per heavy atom. The summed E-state index contributed by atoms with van der Waals surface area (Å²) < 4.78 is 7.66. The van der Waals surface area contributed by atoms with Gasteiger partial charge in [0.15, 0.2) is 5.76 Å². The van der Waals surface area contributed by atoms with Gasteiger partial charge in [-0.25, -0.2) is 0 Å². The van der Waals surface area contributed by atoms with Gasteiger partial charge in [0.25, 0.3) is 0 Å². The summed E-state index contributed by atoms with van der Waals surface area (Å²) in [5, 5.41) is 15.2. The second-order valence-electron chi connectivity index (χ2n) is 6.01. The molecule has 126 valence electrons. The monoisotopic (exact) mass is 358 g/mol. The minimum atomic E-state index is 0.617. The van der Waals surface area contributed by atoms with E-state index >= 15 is 0 Å². The van der Waals surface area contributed by atoms with Crippen molar-refractivity contribution in [3.63, 3.8) is 0 Å². The number of nitrogens with zero attached hydrogens (tertiary/aromatic N) is 4. The molecule has 3 aromatic heterocycles.